The lowest BCUT2D eigenvalue weighted by atomic mass is 10.2. The van der Waals surface area contributed by atoms with E-state index in [1.54, 1.807) is 36.9 Å². The highest BCUT2D eigenvalue weighted by Gasteiger charge is 2.04. The molecule has 0 spiro atoms. The van der Waals surface area contributed by atoms with Gasteiger partial charge in [-0.25, -0.2) is 0 Å². The van der Waals surface area contributed by atoms with Crippen LogP contribution in [0.15, 0.2) is 43.1 Å². The first kappa shape index (κ1) is 10.2. The zero-order valence-electron chi connectivity index (χ0n) is 8.50. The van der Waals surface area contributed by atoms with Gasteiger partial charge in [-0.2, -0.15) is 0 Å². The Morgan fingerprint density at radius 1 is 1.19 bits per heavy atom. The van der Waals surface area contributed by atoms with Gasteiger partial charge in [0, 0.05) is 24.8 Å². The molecule has 0 radical (unpaired) electrons. The molecule has 0 aliphatic carbocycles. The zero-order valence-corrected chi connectivity index (χ0v) is 8.50. The van der Waals surface area contributed by atoms with Crippen LogP contribution in [-0.4, -0.2) is 20.9 Å². The first-order chi connectivity index (χ1) is 7.86. The van der Waals surface area contributed by atoms with Gasteiger partial charge in [-0.05, 0) is 12.1 Å². The second kappa shape index (κ2) is 4.97. The predicted molar refractivity (Wildman–Crippen MR) is 57.4 cm³/mol. The van der Waals surface area contributed by atoms with E-state index in [-0.39, 0.29) is 5.91 Å². The molecule has 0 aliphatic heterocycles. The molecule has 16 heavy (non-hydrogen) atoms. The van der Waals surface area contributed by atoms with Gasteiger partial charge in [-0.3, -0.25) is 19.7 Å². The van der Waals surface area contributed by atoms with E-state index >= 15 is 0 Å². The summed E-state index contributed by atoms with van der Waals surface area (Å²) in [6.07, 6.45) is 7.94. The highest BCUT2D eigenvalue weighted by molar-refractivity contribution is 5.93. The fourth-order valence-corrected chi connectivity index (χ4v) is 1.19. The number of hydrogen-bond acceptors (Lipinski definition) is 4. The summed E-state index contributed by atoms with van der Waals surface area (Å²) in [6, 6.07) is 3.43. The van der Waals surface area contributed by atoms with Crippen molar-refractivity contribution in [2.24, 2.45) is 0 Å². The van der Waals surface area contributed by atoms with Crippen LogP contribution in [0.1, 0.15) is 16.1 Å². The van der Waals surface area contributed by atoms with E-state index in [1.165, 1.54) is 6.20 Å². The van der Waals surface area contributed by atoms with E-state index in [4.69, 9.17) is 0 Å². The van der Waals surface area contributed by atoms with Crippen LogP contribution in [0, 0.1) is 0 Å². The fraction of sp³-hybridized carbons (Fsp3) is 0.0909. The molecule has 0 aliphatic rings. The third-order valence-corrected chi connectivity index (χ3v) is 1.97. The Bertz CT molecular complexity index is 458. The fourth-order valence-electron chi connectivity index (χ4n) is 1.19. The Morgan fingerprint density at radius 3 is 2.75 bits per heavy atom. The third-order valence-electron chi connectivity index (χ3n) is 1.97. The number of nitrogens with zero attached hydrogens (tertiary/aromatic N) is 3. The van der Waals surface area contributed by atoms with Gasteiger partial charge >= 0.3 is 0 Å². The SMILES string of the molecule is O=C(NCc1cnccn1)c1cccnc1. The average molecular weight is 214 g/mol. The topological polar surface area (TPSA) is 67.8 Å². The van der Waals surface area contributed by atoms with Crippen molar-refractivity contribution in [3.8, 4) is 0 Å². The van der Waals surface area contributed by atoms with Crippen LogP contribution in [0.5, 0.6) is 0 Å². The quantitative estimate of drug-likeness (QED) is 0.820. The third kappa shape index (κ3) is 2.60. The summed E-state index contributed by atoms with van der Waals surface area (Å²) >= 11 is 0. The van der Waals surface area contributed by atoms with Gasteiger partial charge < -0.3 is 5.32 Å². The van der Waals surface area contributed by atoms with E-state index in [2.05, 4.69) is 20.3 Å². The molecule has 0 saturated carbocycles. The molecule has 2 rings (SSSR count). The van der Waals surface area contributed by atoms with Crippen molar-refractivity contribution >= 4 is 5.91 Å². The van der Waals surface area contributed by atoms with Gasteiger partial charge in [0.05, 0.1) is 24.0 Å². The number of aromatic nitrogens is 3. The maximum absolute atomic E-state index is 11.6. The largest absolute Gasteiger partial charge is 0.346 e. The summed E-state index contributed by atoms with van der Waals surface area (Å²) in [5.74, 6) is -0.168. The van der Waals surface area contributed by atoms with Crippen LogP contribution < -0.4 is 5.32 Å². The highest BCUT2D eigenvalue weighted by atomic mass is 16.1. The smallest absolute Gasteiger partial charge is 0.253 e. The minimum Gasteiger partial charge on any atom is -0.346 e. The molecule has 1 amide bonds. The molecule has 5 nitrogen and oxygen atoms in total. The molecule has 1 N–H and O–H groups in total. The monoisotopic (exact) mass is 214 g/mol. The van der Waals surface area contributed by atoms with E-state index < -0.39 is 0 Å². The van der Waals surface area contributed by atoms with Crippen molar-refractivity contribution in [3.05, 3.63) is 54.4 Å². The van der Waals surface area contributed by atoms with Crippen molar-refractivity contribution in [1.82, 2.24) is 20.3 Å². The summed E-state index contributed by atoms with van der Waals surface area (Å²) in [5, 5.41) is 2.73. The standard InChI is InChI=1S/C11H10N4O/c16-11(9-2-1-3-12-6-9)15-8-10-7-13-4-5-14-10/h1-7H,8H2,(H,15,16). The lowest BCUT2D eigenvalue weighted by Gasteiger charge is -2.03. The van der Waals surface area contributed by atoms with Gasteiger partial charge in [-0.1, -0.05) is 0 Å². The van der Waals surface area contributed by atoms with Crippen LogP contribution >= 0.6 is 0 Å². The number of rotatable bonds is 3. The van der Waals surface area contributed by atoms with Gasteiger partial charge in [0.1, 0.15) is 0 Å². The number of carbonyl (C=O) groups is 1. The molecule has 2 aromatic heterocycles. The second-order valence-electron chi connectivity index (χ2n) is 3.12. The Kier molecular flexibility index (Phi) is 3.18. The molecule has 0 saturated heterocycles. The molecule has 0 atom stereocenters. The molecule has 2 heterocycles. The number of nitrogens with one attached hydrogen (secondary N) is 1. The normalized spacial score (nSPS) is 9.75. The van der Waals surface area contributed by atoms with E-state index in [9.17, 15) is 4.79 Å². The molecule has 0 aromatic carbocycles. The number of amides is 1. The van der Waals surface area contributed by atoms with Crippen molar-refractivity contribution in [2.75, 3.05) is 0 Å². The number of pyridine rings is 1. The molecular weight excluding hydrogens is 204 g/mol. The van der Waals surface area contributed by atoms with Crippen LogP contribution in [0.2, 0.25) is 0 Å². The molecule has 0 unspecified atom stereocenters. The van der Waals surface area contributed by atoms with Gasteiger partial charge in [-0.15, -0.1) is 0 Å². The Morgan fingerprint density at radius 2 is 2.06 bits per heavy atom. The zero-order chi connectivity index (χ0) is 11.2. The minimum absolute atomic E-state index is 0.168. The molecular formula is C11H10N4O. The number of carbonyl (C=O) groups excluding carboxylic acids is 1. The van der Waals surface area contributed by atoms with E-state index in [1.807, 2.05) is 0 Å². The van der Waals surface area contributed by atoms with E-state index in [0.717, 1.165) is 5.69 Å². The van der Waals surface area contributed by atoms with Crippen molar-refractivity contribution in [1.29, 1.82) is 0 Å². The first-order valence-corrected chi connectivity index (χ1v) is 4.79. The van der Waals surface area contributed by atoms with Crippen LogP contribution in [0.25, 0.3) is 0 Å². The van der Waals surface area contributed by atoms with Gasteiger partial charge in [0.25, 0.3) is 5.91 Å². The lowest BCUT2D eigenvalue weighted by Crippen LogP contribution is -2.23. The lowest BCUT2D eigenvalue weighted by molar-refractivity contribution is 0.0950. The molecule has 80 valence electrons. The maximum atomic E-state index is 11.6. The summed E-state index contributed by atoms with van der Waals surface area (Å²) < 4.78 is 0. The maximum Gasteiger partial charge on any atom is 0.253 e. The predicted octanol–water partition coefficient (Wildman–Crippen LogP) is 0.802. The Labute approximate surface area is 92.6 Å². The molecule has 5 heteroatoms. The first-order valence-electron chi connectivity index (χ1n) is 4.79. The molecule has 0 fully saturated rings. The van der Waals surface area contributed by atoms with Gasteiger partial charge in [0.2, 0.25) is 0 Å². The molecule has 0 bridgehead atoms. The van der Waals surface area contributed by atoms with Crippen molar-refractivity contribution < 1.29 is 4.79 Å². The van der Waals surface area contributed by atoms with Crippen LogP contribution in [0.4, 0.5) is 0 Å². The average Bonchev–Trinajstić information content (AvgIpc) is 2.38. The Balaban J connectivity index is 1.95. The second-order valence-corrected chi connectivity index (χ2v) is 3.12. The van der Waals surface area contributed by atoms with Crippen molar-refractivity contribution in [2.45, 2.75) is 6.54 Å². The number of hydrogen-bond donors (Lipinski definition) is 1. The Hall–Kier alpha value is -2.30. The van der Waals surface area contributed by atoms with Crippen molar-refractivity contribution in [3.63, 3.8) is 0 Å². The summed E-state index contributed by atoms with van der Waals surface area (Å²) in [7, 11) is 0. The van der Waals surface area contributed by atoms with Gasteiger partial charge in [0.15, 0.2) is 0 Å². The molecule has 2 aromatic rings. The summed E-state index contributed by atoms with van der Waals surface area (Å²) in [4.78, 5) is 23.5. The highest BCUT2D eigenvalue weighted by Crippen LogP contribution is 1.96. The van der Waals surface area contributed by atoms with Crippen LogP contribution in [-0.2, 0) is 6.54 Å². The minimum atomic E-state index is -0.168. The summed E-state index contributed by atoms with van der Waals surface area (Å²) in [6.45, 7) is 0.363. The summed E-state index contributed by atoms with van der Waals surface area (Å²) in [5.41, 5.74) is 1.26. The van der Waals surface area contributed by atoms with E-state index in [0.29, 0.717) is 12.1 Å². The van der Waals surface area contributed by atoms with Crippen LogP contribution in [0.3, 0.4) is 0 Å².